The number of nitrogens with zero attached hydrogens (tertiary/aromatic N) is 3. The minimum atomic E-state index is 0.677. The Balaban J connectivity index is 1.85. The molecule has 0 spiro atoms. The minimum Gasteiger partial charge on any atom is -0.208 e. The summed E-state index contributed by atoms with van der Waals surface area (Å²) in [7, 11) is 0. The first-order chi connectivity index (χ1) is 10.6. The Kier molecular flexibility index (Phi) is 4.71. The second-order valence-corrected chi connectivity index (χ2v) is 6.57. The van der Waals surface area contributed by atoms with E-state index in [2.05, 4.69) is 10.1 Å². The average Bonchev–Trinajstić information content (AvgIpc) is 2.86. The summed E-state index contributed by atoms with van der Waals surface area (Å²) in [4.78, 5) is 4.49. The molecule has 1 heterocycles. The maximum absolute atomic E-state index is 6.06. The first-order valence-electron chi connectivity index (χ1n) is 6.69. The molecule has 6 heteroatoms. The van der Waals surface area contributed by atoms with Crippen molar-refractivity contribution in [2.45, 2.75) is 17.8 Å². The molecule has 0 amide bonds. The molecule has 3 rings (SSSR count). The Morgan fingerprint density at radius 3 is 2.50 bits per heavy atom. The molecule has 22 heavy (non-hydrogen) atoms. The van der Waals surface area contributed by atoms with Gasteiger partial charge in [0.1, 0.15) is 5.82 Å². The molecule has 1 aromatic heterocycles. The van der Waals surface area contributed by atoms with E-state index in [9.17, 15) is 0 Å². The average molecular weight is 350 g/mol. The van der Waals surface area contributed by atoms with Crippen molar-refractivity contribution in [2.24, 2.45) is 0 Å². The third-order valence-corrected chi connectivity index (χ3v) is 4.46. The van der Waals surface area contributed by atoms with Crippen molar-refractivity contribution in [3.8, 4) is 5.69 Å². The van der Waals surface area contributed by atoms with Crippen molar-refractivity contribution < 1.29 is 0 Å². The first-order valence-corrected chi connectivity index (χ1v) is 8.43. The molecule has 0 saturated heterocycles. The zero-order valence-electron chi connectivity index (χ0n) is 11.8. The van der Waals surface area contributed by atoms with Crippen LogP contribution in [0.4, 0.5) is 0 Å². The van der Waals surface area contributed by atoms with Gasteiger partial charge in [-0.2, -0.15) is 5.10 Å². The van der Waals surface area contributed by atoms with Crippen LogP contribution in [-0.4, -0.2) is 14.8 Å². The number of rotatable bonds is 4. The van der Waals surface area contributed by atoms with Gasteiger partial charge in [0, 0.05) is 15.8 Å². The first kappa shape index (κ1) is 15.4. The van der Waals surface area contributed by atoms with Gasteiger partial charge >= 0.3 is 0 Å². The van der Waals surface area contributed by atoms with E-state index in [1.165, 1.54) is 0 Å². The zero-order valence-corrected chi connectivity index (χ0v) is 14.2. The Hall–Kier alpha value is -1.49. The Bertz CT molecular complexity index is 802. The van der Waals surface area contributed by atoms with Gasteiger partial charge in [0.15, 0.2) is 5.16 Å². The fraction of sp³-hybridized carbons (Fsp3) is 0.125. The van der Waals surface area contributed by atoms with Crippen LogP contribution in [0.5, 0.6) is 0 Å². The van der Waals surface area contributed by atoms with Crippen LogP contribution >= 0.6 is 35.0 Å². The number of benzene rings is 2. The standard InChI is InChI=1S/C16H13Cl2N3S/c1-11-19-16(22-10-12-4-2-5-13(17)8-12)21(20-11)15-7-3-6-14(18)9-15/h2-9H,10H2,1H3. The Labute approximate surface area is 143 Å². The predicted molar refractivity (Wildman–Crippen MR) is 92.1 cm³/mol. The highest BCUT2D eigenvalue weighted by Crippen LogP contribution is 2.25. The van der Waals surface area contributed by atoms with Gasteiger partial charge in [0.25, 0.3) is 0 Å². The number of aryl methyl sites for hydroxylation is 1. The molecular weight excluding hydrogens is 337 g/mol. The van der Waals surface area contributed by atoms with Crippen LogP contribution in [-0.2, 0) is 5.75 Å². The SMILES string of the molecule is Cc1nc(SCc2cccc(Cl)c2)n(-c2cccc(Cl)c2)n1. The lowest BCUT2D eigenvalue weighted by molar-refractivity contribution is 0.782. The number of hydrogen-bond acceptors (Lipinski definition) is 3. The summed E-state index contributed by atoms with van der Waals surface area (Å²) in [6, 6.07) is 15.4. The van der Waals surface area contributed by atoms with E-state index in [0.29, 0.717) is 5.02 Å². The molecule has 0 radical (unpaired) electrons. The van der Waals surface area contributed by atoms with Gasteiger partial charge in [-0.15, -0.1) is 0 Å². The molecule has 2 aromatic carbocycles. The van der Waals surface area contributed by atoms with Gasteiger partial charge in [-0.1, -0.05) is 53.2 Å². The van der Waals surface area contributed by atoms with E-state index >= 15 is 0 Å². The van der Waals surface area contributed by atoms with Crippen molar-refractivity contribution >= 4 is 35.0 Å². The highest BCUT2D eigenvalue weighted by molar-refractivity contribution is 7.98. The fourth-order valence-corrected chi connectivity index (χ4v) is 3.38. The van der Waals surface area contributed by atoms with Crippen molar-refractivity contribution in [1.82, 2.24) is 14.8 Å². The van der Waals surface area contributed by atoms with Crippen LogP contribution in [0.15, 0.2) is 53.7 Å². The fourth-order valence-electron chi connectivity index (χ4n) is 2.04. The van der Waals surface area contributed by atoms with E-state index in [0.717, 1.165) is 33.0 Å². The summed E-state index contributed by atoms with van der Waals surface area (Å²) >= 11 is 13.7. The number of thioether (sulfide) groups is 1. The summed E-state index contributed by atoms with van der Waals surface area (Å²) in [6.07, 6.45) is 0. The second kappa shape index (κ2) is 6.73. The van der Waals surface area contributed by atoms with Gasteiger partial charge in [0.05, 0.1) is 5.69 Å². The van der Waals surface area contributed by atoms with Crippen LogP contribution in [0.3, 0.4) is 0 Å². The molecule has 3 aromatic rings. The topological polar surface area (TPSA) is 30.7 Å². The van der Waals surface area contributed by atoms with Crippen molar-refractivity contribution in [1.29, 1.82) is 0 Å². The third kappa shape index (κ3) is 3.64. The summed E-state index contributed by atoms with van der Waals surface area (Å²) in [5.41, 5.74) is 2.05. The van der Waals surface area contributed by atoms with Crippen LogP contribution in [0.25, 0.3) is 5.69 Å². The van der Waals surface area contributed by atoms with Gasteiger partial charge in [-0.05, 0) is 42.8 Å². The van der Waals surface area contributed by atoms with Crippen molar-refractivity contribution in [3.05, 3.63) is 70.0 Å². The predicted octanol–water partition coefficient (Wildman–Crippen LogP) is 5.17. The van der Waals surface area contributed by atoms with Crippen LogP contribution < -0.4 is 0 Å². The molecule has 0 unspecified atom stereocenters. The Morgan fingerprint density at radius 1 is 1.05 bits per heavy atom. The van der Waals surface area contributed by atoms with Gasteiger partial charge in [0.2, 0.25) is 0 Å². The van der Waals surface area contributed by atoms with Crippen molar-refractivity contribution in [3.63, 3.8) is 0 Å². The van der Waals surface area contributed by atoms with Gasteiger partial charge in [-0.3, -0.25) is 0 Å². The number of halogens is 2. The summed E-state index contributed by atoms with van der Waals surface area (Å²) in [5.74, 6) is 1.51. The van der Waals surface area contributed by atoms with Gasteiger partial charge in [-0.25, -0.2) is 9.67 Å². The van der Waals surface area contributed by atoms with E-state index < -0.39 is 0 Å². The minimum absolute atomic E-state index is 0.677. The molecule has 0 aliphatic heterocycles. The molecule has 0 atom stereocenters. The quantitative estimate of drug-likeness (QED) is 0.608. The molecule has 0 aliphatic rings. The monoisotopic (exact) mass is 349 g/mol. The molecule has 0 N–H and O–H groups in total. The smallest absolute Gasteiger partial charge is 0.191 e. The maximum Gasteiger partial charge on any atom is 0.191 e. The lowest BCUT2D eigenvalue weighted by atomic mass is 10.2. The second-order valence-electron chi connectivity index (χ2n) is 4.75. The molecule has 0 aliphatic carbocycles. The normalized spacial score (nSPS) is 10.9. The van der Waals surface area contributed by atoms with E-state index in [4.69, 9.17) is 23.2 Å². The van der Waals surface area contributed by atoms with Crippen LogP contribution in [0, 0.1) is 6.92 Å². The summed E-state index contributed by atoms with van der Waals surface area (Å²) in [6.45, 7) is 1.88. The van der Waals surface area contributed by atoms with Crippen LogP contribution in [0.2, 0.25) is 10.0 Å². The highest BCUT2D eigenvalue weighted by atomic mass is 35.5. The van der Waals surface area contributed by atoms with E-state index in [1.807, 2.05) is 60.1 Å². The number of hydrogen-bond donors (Lipinski definition) is 0. The third-order valence-electron chi connectivity index (χ3n) is 2.99. The highest BCUT2D eigenvalue weighted by Gasteiger charge is 2.10. The Morgan fingerprint density at radius 2 is 1.77 bits per heavy atom. The molecule has 0 saturated carbocycles. The lowest BCUT2D eigenvalue weighted by Crippen LogP contribution is -1.99. The van der Waals surface area contributed by atoms with E-state index in [1.54, 1.807) is 11.8 Å². The molecule has 112 valence electrons. The molecule has 0 bridgehead atoms. The molecule has 3 nitrogen and oxygen atoms in total. The van der Waals surface area contributed by atoms with Gasteiger partial charge < -0.3 is 0 Å². The van der Waals surface area contributed by atoms with E-state index in [-0.39, 0.29) is 0 Å². The summed E-state index contributed by atoms with van der Waals surface area (Å²) in [5, 5.41) is 6.70. The van der Waals surface area contributed by atoms with Crippen molar-refractivity contribution in [2.75, 3.05) is 0 Å². The largest absolute Gasteiger partial charge is 0.208 e. The number of aromatic nitrogens is 3. The van der Waals surface area contributed by atoms with Crippen LogP contribution in [0.1, 0.15) is 11.4 Å². The molecule has 0 fully saturated rings. The molecular formula is C16H13Cl2N3S. The summed E-state index contributed by atoms with van der Waals surface area (Å²) < 4.78 is 1.82. The zero-order chi connectivity index (χ0) is 15.5. The lowest BCUT2D eigenvalue weighted by Gasteiger charge is -2.06. The maximum atomic E-state index is 6.06.